The van der Waals surface area contributed by atoms with Gasteiger partial charge in [0.1, 0.15) is 0 Å². The van der Waals surface area contributed by atoms with E-state index < -0.39 is 0 Å². The molecule has 2 aromatic heterocycles. The van der Waals surface area contributed by atoms with Gasteiger partial charge in [-0.05, 0) is 59.5 Å². The van der Waals surface area contributed by atoms with Crippen LogP contribution in [0, 0.1) is 0 Å². The maximum atomic E-state index is 13.4. The minimum Gasteiger partial charge on any atom is -0.349 e. The molecule has 2 amide bonds. The number of carbonyl (C=O) groups is 2. The van der Waals surface area contributed by atoms with Gasteiger partial charge in [0.25, 0.3) is 11.5 Å². The Morgan fingerprint density at radius 1 is 0.925 bits per heavy atom. The number of fused-ring (bicyclic) bond motifs is 10. The first-order valence-electron chi connectivity index (χ1n) is 13.1. The van der Waals surface area contributed by atoms with Crippen LogP contribution in [0.2, 0.25) is 0 Å². The average molecular weight is 533 g/mol. The Bertz CT molecular complexity index is 1830. The quantitative estimate of drug-likeness (QED) is 0.373. The fourth-order valence-corrected chi connectivity index (χ4v) is 4.94. The van der Waals surface area contributed by atoms with Gasteiger partial charge in [-0.25, -0.2) is 9.67 Å². The summed E-state index contributed by atoms with van der Waals surface area (Å²) in [4.78, 5) is 44.6. The second kappa shape index (κ2) is 10.3. The van der Waals surface area contributed by atoms with E-state index in [9.17, 15) is 14.4 Å². The van der Waals surface area contributed by atoms with Crippen LogP contribution >= 0.6 is 0 Å². The molecule has 0 saturated carbocycles. The van der Waals surface area contributed by atoms with Crippen molar-refractivity contribution in [3.63, 3.8) is 0 Å². The van der Waals surface area contributed by atoms with Gasteiger partial charge >= 0.3 is 0 Å². The van der Waals surface area contributed by atoms with Gasteiger partial charge < -0.3 is 9.47 Å². The predicted octanol–water partition coefficient (Wildman–Crippen LogP) is 3.75. The first-order chi connectivity index (χ1) is 19.3. The molecule has 9 heteroatoms. The maximum Gasteiger partial charge on any atom is 0.267 e. The standard InChI is InChI=1S/C31H28N6O3/c1-35(2)29(39)18-21-9-11-27-26(17-21)32-31-33-30(40)24-8-4-6-22(16-24)19-37-28(38)12-10-25(34-37)23-7-3-5-20(15-23)13-14-36(27)31/h3-12,15-17H,13-14,18-19H2,1-2H3,(H,32,33,40). The molecule has 0 radical (unpaired) electrons. The summed E-state index contributed by atoms with van der Waals surface area (Å²) in [6, 6.07) is 24.3. The Labute approximate surface area is 230 Å². The number of nitrogens with zero attached hydrogens (tertiary/aromatic N) is 5. The van der Waals surface area contributed by atoms with E-state index in [4.69, 9.17) is 4.98 Å². The normalized spacial score (nSPS) is 13.0. The minimum absolute atomic E-state index is 0.00593. The lowest BCUT2D eigenvalue weighted by molar-refractivity contribution is -0.127. The summed E-state index contributed by atoms with van der Waals surface area (Å²) in [6.07, 6.45) is 0.951. The molecule has 0 atom stereocenters. The number of benzene rings is 3. The van der Waals surface area contributed by atoms with Crippen LogP contribution in [-0.2, 0) is 30.7 Å². The number of rotatable bonds is 2. The number of amides is 2. The molecule has 0 spiro atoms. The molecule has 1 aliphatic rings. The molecule has 9 nitrogen and oxygen atoms in total. The van der Waals surface area contributed by atoms with Crippen LogP contribution in [0.25, 0.3) is 22.3 Å². The number of hydrogen-bond donors (Lipinski definition) is 1. The van der Waals surface area contributed by atoms with E-state index in [0.29, 0.717) is 35.7 Å². The van der Waals surface area contributed by atoms with E-state index >= 15 is 0 Å². The van der Waals surface area contributed by atoms with Gasteiger partial charge in [-0.1, -0.05) is 36.4 Å². The summed E-state index contributed by atoms with van der Waals surface area (Å²) >= 11 is 0. The van der Waals surface area contributed by atoms with Gasteiger partial charge in [0.2, 0.25) is 11.9 Å². The molecule has 0 saturated heterocycles. The van der Waals surface area contributed by atoms with Crippen LogP contribution in [0.5, 0.6) is 0 Å². The van der Waals surface area contributed by atoms with Gasteiger partial charge in [-0.15, -0.1) is 0 Å². The molecule has 1 aliphatic heterocycles. The van der Waals surface area contributed by atoms with E-state index in [-0.39, 0.29) is 30.3 Å². The molecule has 200 valence electrons. The van der Waals surface area contributed by atoms with Crippen LogP contribution in [-0.4, -0.2) is 50.1 Å². The molecule has 3 aromatic carbocycles. The summed E-state index contributed by atoms with van der Waals surface area (Å²) in [6.45, 7) is 0.805. The first kappa shape index (κ1) is 25.2. The van der Waals surface area contributed by atoms with Crippen molar-refractivity contribution in [2.24, 2.45) is 0 Å². The lowest BCUT2D eigenvalue weighted by atomic mass is 10.1. The van der Waals surface area contributed by atoms with Crippen LogP contribution in [0.4, 0.5) is 5.95 Å². The average Bonchev–Trinajstić information content (AvgIpc) is 3.28. The summed E-state index contributed by atoms with van der Waals surface area (Å²) in [5.41, 5.74) is 6.17. The molecular formula is C31H28N6O3. The summed E-state index contributed by atoms with van der Waals surface area (Å²) < 4.78 is 3.43. The predicted molar refractivity (Wildman–Crippen MR) is 153 cm³/mol. The highest BCUT2D eigenvalue weighted by Gasteiger charge is 2.17. The van der Waals surface area contributed by atoms with Crippen molar-refractivity contribution in [1.29, 1.82) is 0 Å². The third kappa shape index (κ3) is 5.01. The number of nitrogens with one attached hydrogen (secondary N) is 1. The van der Waals surface area contributed by atoms with Crippen molar-refractivity contribution in [1.82, 2.24) is 24.2 Å². The zero-order chi connectivity index (χ0) is 27.8. The smallest absolute Gasteiger partial charge is 0.267 e. The first-order valence-corrected chi connectivity index (χ1v) is 13.1. The number of imidazole rings is 1. The number of hydrogen-bond acceptors (Lipinski definition) is 5. The number of aryl methyl sites for hydroxylation is 2. The topological polar surface area (TPSA) is 102 Å². The zero-order valence-electron chi connectivity index (χ0n) is 22.3. The molecule has 6 rings (SSSR count). The molecule has 3 heterocycles. The number of anilines is 1. The Morgan fingerprint density at radius 2 is 1.70 bits per heavy atom. The molecule has 6 bridgehead atoms. The van der Waals surface area contributed by atoms with E-state index in [0.717, 1.165) is 27.8 Å². The largest absolute Gasteiger partial charge is 0.349 e. The molecule has 0 aliphatic carbocycles. The van der Waals surface area contributed by atoms with E-state index in [1.165, 1.54) is 10.7 Å². The van der Waals surface area contributed by atoms with Gasteiger partial charge in [-0.3, -0.25) is 19.7 Å². The lowest BCUT2D eigenvalue weighted by Crippen LogP contribution is -2.23. The third-order valence-electron chi connectivity index (χ3n) is 7.13. The Balaban J connectivity index is 1.45. The summed E-state index contributed by atoms with van der Waals surface area (Å²) in [5, 5.41) is 7.61. The Kier molecular flexibility index (Phi) is 6.47. The minimum atomic E-state index is -0.301. The van der Waals surface area contributed by atoms with E-state index in [1.807, 2.05) is 41.0 Å². The van der Waals surface area contributed by atoms with Crippen LogP contribution in [0.3, 0.4) is 0 Å². The molecule has 5 aromatic rings. The van der Waals surface area contributed by atoms with Crippen LogP contribution in [0.15, 0.2) is 83.7 Å². The molecule has 1 N–H and O–H groups in total. The molecule has 0 unspecified atom stereocenters. The van der Waals surface area contributed by atoms with Gasteiger partial charge in [0.05, 0.1) is 29.7 Å². The van der Waals surface area contributed by atoms with Crippen molar-refractivity contribution in [2.45, 2.75) is 25.9 Å². The fourth-order valence-electron chi connectivity index (χ4n) is 4.94. The SMILES string of the molecule is CN(C)C(=O)Cc1ccc2c(c1)nc1n2CCc2cccc(c2)-c2ccc(=O)n(n2)Cc2cccc(c2)C(=O)N1. The molecule has 40 heavy (non-hydrogen) atoms. The van der Waals surface area contributed by atoms with Crippen molar-refractivity contribution in [3.8, 4) is 11.3 Å². The highest BCUT2D eigenvalue weighted by molar-refractivity contribution is 6.04. The Morgan fingerprint density at radius 3 is 2.52 bits per heavy atom. The van der Waals surface area contributed by atoms with Crippen molar-refractivity contribution in [2.75, 3.05) is 19.4 Å². The van der Waals surface area contributed by atoms with Crippen molar-refractivity contribution < 1.29 is 9.59 Å². The Hall–Kier alpha value is -5.05. The number of aromatic nitrogens is 4. The second-order valence-electron chi connectivity index (χ2n) is 10.2. The molecule has 0 fully saturated rings. The highest BCUT2D eigenvalue weighted by Crippen LogP contribution is 2.24. The third-order valence-corrected chi connectivity index (χ3v) is 7.13. The van der Waals surface area contributed by atoms with Crippen LogP contribution < -0.4 is 10.9 Å². The van der Waals surface area contributed by atoms with Crippen molar-refractivity contribution >= 4 is 28.8 Å². The maximum absolute atomic E-state index is 13.4. The highest BCUT2D eigenvalue weighted by atomic mass is 16.2. The van der Waals surface area contributed by atoms with E-state index in [1.54, 1.807) is 43.3 Å². The number of carbonyl (C=O) groups excluding carboxylic acids is 2. The summed E-state index contributed by atoms with van der Waals surface area (Å²) in [7, 11) is 3.47. The van der Waals surface area contributed by atoms with Gasteiger partial charge in [-0.2, -0.15) is 5.10 Å². The second-order valence-corrected chi connectivity index (χ2v) is 10.2. The summed E-state index contributed by atoms with van der Waals surface area (Å²) in [5.74, 6) is 0.142. The van der Waals surface area contributed by atoms with Gasteiger partial charge in [0.15, 0.2) is 0 Å². The van der Waals surface area contributed by atoms with Crippen LogP contribution in [0.1, 0.15) is 27.0 Å². The fraction of sp³-hybridized carbons (Fsp3) is 0.194. The van der Waals surface area contributed by atoms with Gasteiger partial charge in [0, 0.05) is 37.8 Å². The monoisotopic (exact) mass is 532 g/mol. The molecular weight excluding hydrogens is 504 g/mol. The van der Waals surface area contributed by atoms with E-state index in [2.05, 4.69) is 22.5 Å². The lowest BCUT2D eigenvalue weighted by Gasteiger charge is -2.13. The van der Waals surface area contributed by atoms with Crippen molar-refractivity contribution in [3.05, 3.63) is 111 Å². The number of likely N-dealkylation sites (N-methyl/N-ethyl adjacent to an activating group) is 1. The zero-order valence-corrected chi connectivity index (χ0v) is 22.3.